The van der Waals surface area contributed by atoms with E-state index in [-0.39, 0.29) is 21.4 Å². The molecule has 0 fully saturated rings. The maximum absolute atomic E-state index is 11.3. The Bertz CT molecular complexity index is 790. The average molecular weight is 348 g/mol. The molecule has 0 unspecified atom stereocenters. The highest BCUT2D eigenvalue weighted by molar-refractivity contribution is 8.13. The van der Waals surface area contributed by atoms with Crippen molar-refractivity contribution in [2.75, 3.05) is 0 Å². The number of ether oxygens (including phenoxy) is 1. The standard InChI is InChI=1S/C12H7Cl2NO5S/c13-11-6-5-10(7-12(11)21(14,18)19)20-9-3-1-8(2-4-9)15(16)17/h1-7H. The van der Waals surface area contributed by atoms with E-state index in [1.165, 1.54) is 42.5 Å². The van der Waals surface area contributed by atoms with Gasteiger partial charge in [0.05, 0.1) is 9.95 Å². The normalized spacial score (nSPS) is 11.1. The summed E-state index contributed by atoms with van der Waals surface area (Å²) in [4.78, 5) is 9.72. The smallest absolute Gasteiger partial charge is 0.269 e. The highest BCUT2D eigenvalue weighted by Crippen LogP contribution is 2.31. The fourth-order valence-corrected chi connectivity index (χ4v) is 2.99. The minimum Gasteiger partial charge on any atom is -0.457 e. The van der Waals surface area contributed by atoms with E-state index in [1.807, 2.05) is 0 Å². The molecule has 0 N–H and O–H groups in total. The summed E-state index contributed by atoms with van der Waals surface area (Å²) in [5.74, 6) is 0.494. The molecule has 2 aromatic carbocycles. The summed E-state index contributed by atoms with van der Waals surface area (Å²) in [5, 5.41) is 10.5. The van der Waals surface area contributed by atoms with E-state index < -0.39 is 14.0 Å². The van der Waals surface area contributed by atoms with Crippen molar-refractivity contribution in [3.8, 4) is 11.5 Å². The van der Waals surface area contributed by atoms with Crippen molar-refractivity contribution in [3.63, 3.8) is 0 Å². The van der Waals surface area contributed by atoms with Gasteiger partial charge < -0.3 is 4.74 Å². The van der Waals surface area contributed by atoms with Crippen molar-refractivity contribution in [1.82, 2.24) is 0 Å². The molecule has 0 spiro atoms. The summed E-state index contributed by atoms with van der Waals surface area (Å²) in [6.07, 6.45) is 0. The molecule has 0 atom stereocenters. The van der Waals surface area contributed by atoms with Crippen LogP contribution in [0.15, 0.2) is 47.4 Å². The lowest BCUT2D eigenvalue weighted by atomic mass is 10.3. The average Bonchev–Trinajstić information content (AvgIpc) is 2.40. The van der Waals surface area contributed by atoms with Crippen LogP contribution in [0.1, 0.15) is 0 Å². The van der Waals surface area contributed by atoms with Crippen LogP contribution in [0.2, 0.25) is 5.02 Å². The lowest BCUT2D eigenvalue weighted by molar-refractivity contribution is -0.384. The van der Waals surface area contributed by atoms with Gasteiger partial charge in [-0.2, -0.15) is 0 Å². The number of hydrogen-bond donors (Lipinski definition) is 0. The number of nitro groups is 1. The van der Waals surface area contributed by atoms with Crippen molar-refractivity contribution in [3.05, 3.63) is 57.6 Å². The third-order valence-electron chi connectivity index (χ3n) is 2.45. The molecule has 0 saturated heterocycles. The molecule has 9 heteroatoms. The van der Waals surface area contributed by atoms with Crippen molar-refractivity contribution in [1.29, 1.82) is 0 Å². The molecule has 0 heterocycles. The van der Waals surface area contributed by atoms with Gasteiger partial charge in [-0.3, -0.25) is 10.1 Å². The fraction of sp³-hybridized carbons (Fsp3) is 0. The van der Waals surface area contributed by atoms with E-state index in [4.69, 9.17) is 27.0 Å². The number of non-ortho nitro benzene ring substituents is 1. The van der Waals surface area contributed by atoms with Crippen LogP contribution in [0.5, 0.6) is 11.5 Å². The second-order valence-electron chi connectivity index (χ2n) is 3.88. The Morgan fingerprint density at radius 3 is 2.14 bits per heavy atom. The molecule has 6 nitrogen and oxygen atoms in total. The summed E-state index contributed by atoms with van der Waals surface area (Å²) >= 11 is 5.75. The Morgan fingerprint density at radius 2 is 1.62 bits per heavy atom. The highest BCUT2D eigenvalue weighted by atomic mass is 35.7. The van der Waals surface area contributed by atoms with Gasteiger partial charge in [-0.15, -0.1) is 0 Å². The lowest BCUT2D eigenvalue weighted by Gasteiger charge is -2.07. The molecule has 0 bridgehead atoms. The molecule has 0 amide bonds. The van der Waals surface area contributed by atoms with Gasteiger partial charge in [0.2, 0.25) is 0 Å². The molecule has 21 heavy (non-hydrogen) atoms. The molecular formula is C12H7Cl2NO5S. The second-order valence-corrected chi connectivity index (χ2v) is 6.82. The zero-order chi connectivity index (χ0) is 15.6. The Hall–Kier alpha value is -1.83. The third-order valence-corrected chi connectivity index (χ3v) is 4.25. The van der Waals surface area contributed by atoms with Gasteiger partial charge in [0.25, 0.3) is 14.7 Å². The quantitative estimate of drug-likeness (QED) is 0.474. The first kappa shape index (κ1) is 15.6. The second kappa shape index (κ2) is 5.88. The summed E-state index contributed by atoms with van der Waals surface area (Å²) in [6, 6.07) is 9.27. The molecule has 110 valence electrons. The topological polar surface area (TPSA) is 86.5 Å². The predicted molar refractivity (Wildman–Crippen MR) is 77.7 cm³/mol. The summed E-state index contributed by atoms with van der Waals surface area (Å²) in [5.41, 5.74) is -0.0810. The number of benzene rings is 2. The van der Waals surface area contributed by atoms with Crippen LogP contribution in [-0.2, 0) is 9.05 Å². The minimum atomic E-state index is -4.00. The van der Waals surface area contributed by atoms with Crippen LogP contribution in [0.3, 0.4) is 0 Å². The Morgan fingerprint density at radius 1 is 1.05 bits per heavy atom. The fourth-order valence-electron chi connectivity index (χ4n) is 1.51. The van der Waals surface area contributed by atoms with Gasteiger partial charge in [0.15, 0.2) is 0 Å². The molecule has 2 aromatic rings. The molecule has 0 radical (unpaired) electrons. The van der Waals surface area contributed by atoms with E-state index in [1.54, 1.807) is 0 Å². The molecule has 0 aliphatic rings. The molecular weight excluding hydrogens is 341 g/mol. The molecule has 0 aliphatic heterocycles. The maximum atomic E-state index is 11.3. The van der Waals surface area contributed by atoms with Gasteiger partial charge >= 0.3 is 0 Å². The summed E-state index contributed by atoms with van der Waals surface area (Å²) in [7, 11) is 1.26. The number of nitro benzene ring substituents is 1. The van der Waals surface area contributed by atoms with E-state index in [0.717, 1.165) is 0 Å². The largest absolute Gasteiger partial charge is 0.457 e. The Labute approximate surface area is 129 Å². The zero-order valence-corrected chi connectivity index (χ0v) is 12.5. The van der Waals surface area contributed by atoms with Gasteiger partial charge in [0, 0.05) is 28.9 Å². The van der Waals surface area contributed by atoms with Crippen LogP contribution < -0.4 is 4.74 Å². The SMILES string of the molecule is O=[N+]([O-])c1ccc(Oc2ccc(Cl)c(S(=O)(=O)Cl)c2)cc1. The van der Waals surface area contributed by atoms with E-state index in [2.05, 4.69) is 0 Å². The van der Waals surface area contributed by atoms with Crippen LogP contribution in [-0.4, -0.2) is 13.3 Å². The lowest BCUT2D eigenvalue weighted by Crippen LogP contribution is -1.93. The predicted octanol–water partition coefficient (Wildman–Crippen LogP) is 3.97. The van der Waals surface area contributed by atoms with Crippen LogP contribution in [0, 0.1) is 10.1 Å². The Kier molecular flexibility index (Phi) is 4.36. The van der Waals surface area contributed by atoms with Gasteiger partial charge in [-0.05, 0) is 24.3 Å². The van der Waals surface area contributed by atoms with Crippen LogP contribution >= 0.6 is 22.3 Å². The van der Waals surface area contributed by atoms with Crippen molar-refractivity contribution in [2.24, 2.45) is 0 Å². The molecule has 0 aliphatic carbocycles. The minimum absolute atomic E-state index is 0.0268. The Balaban J connectivity index is 2.30. The van der Waals surface area contributed by atoms with Crippen molar-refractivity contribution < 1.29 is 18.1 Å². The highest BCUT2D eigenvalue weighted by Gasteiger charge is 2.16. The first-order chi connectivity index (χ1) is 9.77. The monoisotopic (exact) mass is 347 g/mol. The van der Waals surface area contributed by atoms with Gasteiger partial charge in [-0.1, -0.05) is 11.6 Å². The number of nitrogens with zero attached hydrogens (tertiary/aromatic N) is 1. The van der Waals surface area contributed by atoms with E-state index in [0.29, 0.717) is 5.75 Å². The van der Waals surface area contributed by atoms with E-state index in [9.17, 15) is 18.5 Å². The summed E-state index contributed by atoms with van der Waals surface area (Å²) in [6.45, 7) is 0. The van der Waals surface area contributed by atoms with Crippen LogP contribution in [0.25, 0.3) is 0 Å². The number of hydrogen-bond acceptors (Lipinski definition) is 5. The van der Waals surface area contributed by atoms with Crippen molar-refractivity contribution >= 4 is 37.0 Å². The zero-order valence-electron chi connectivity index (χ0n) is 10.2. The molecule has 0 aromatic heterocycles. The van der Waals surface area contributed by atoms with Crippen molar-refractivity contribution in [2.45, 2.75) is 4.90 Å². The van der Waals surface area contributed by atoms with Crippen LogP contribution in [0.4, 0.5) is 5.69 Å². The molecule has 0 saturated carbocycles. The third kappa shape index (κ3) is 3.84. The number of rotatable bonds is 4. The number of halogens is 2. The van der Waals surface area contributed by atoms with Gasteiger partial charge in [0.1, 0.15) is 16.4 Å². The molecule has 2 rings (SSSR count). The first-order valence-electron chi connectivity index (χ1n) is 5.44. The first-order valence-corrected chi connectivity index (χ1v) is 8.12. The van der Waals surface area contributed by atoms with Gasteiger partial charge in [-0.25, -0.2) is 8.42 Å². The summed E-state index contributed by atoms with van der Waals surface area (Å²) < 4.78 is 28.1. The maximum Gasteiger partial charge on any atom is 0.269 e. The van der Waals surface area contributed by atoms with E-state index >= 15 is 0 Å².